The Bertz CT molecular complexity index is 1450. The Morgan fingerprint density at radius 3 is 2.12 bits per heavy atom. The number of amides is 2. The number of nitrogens with zero attached hydrogens (tertiary/aromatic N) is 1. The number of primary amides is 1. The Balaban J connectivity index is 2.11. The number of hydrogen-bond acceptors (Lipinski definition) is 9. The third kappa shape index (κ3) is 8.49. The molecule has 0 radical (unpaired) electrons. The van der Waals surface area contributed by atoms with Gasteiger partial charge in [-0.2, -0.15) is 13.2 Å². The molecule has 3 N–H and O–H groups in total. The third-order valence-corrected chi connectivity index (χ3v) is 4.78. The fourth-order valence-corrected chi connectivity index (χ4v) is 3.28. The lowest BCUT2D eigenvalue weighted by Crippen LogP contribution is -2.18. The van der Waals surface area contributed by atoms with Crippen LogP contribution < -0.4 is 25.3 Å². The lowest BCUT2D eigenvalue weighted by molar-refractivity contribution is -0.274. The zero-order valence-corrected chi connectivity index (χ0v) is 21.9. The third-order valence-electron chi connectivity index (χ3n) is 4.51. The van der Waals surface area contributed by atoms with Crippen molar-refractivity contribution in [2.75, 3.05) is 5.32 Å². The first kappa shape index (κ1) is 31.0. The average Bonchev–Trinajstić information content (AvgIpc) is 2.78. The summed E-state index contributed by atoms with van der Waals surface area (Å²) in [5, 5.41) is 2.23. The summed E-state index contributed by atoms with van der Waals surface area (Å²) in [6, 6.07) is 4.79. The lowest BCUT2D eigenvalue weighted by atomic mass is 10.1. The second kappa shape index (κ2) is 11.5. The molecule has 0 unspecified atom stereocenters. The van der Waals surface area contributed by atoms with Crippen LogP contribution in [0.4, 0.5) is 36.4 Å². The van der Waals surface area contributed by atoms with Gasteiger partial charge in [0.2, 0.25) is 3.60 Å². The van der Waals surface area contributed by atoms with Crippen LogP contribution in [0.1, 0.15) is 26.4 Å². The molecule has 0 fully saturated rings. The van der Waals surface area contributed by atoms with E-state index in [-0.39, 0.29) is 23.5 Å². The van der Waals surface area contributed by atoms with Gasteiger partial charge in [0.1, 0.15) is 23.0 Å². The number of alkyl halides is 6. The second-order valence-corrected chi connectivity index (χ2v) is 10.5. The van der Waals surface area contributed by atoms with Crippen molar-refractivity contribution in [3.8, 4) is 23.0 Å². The van der Waals surface area contributed by atoms with E-state index >= 15 is 0 Å². The Labute approximate surface area is 236 Å². The molecule has 0 spiro atoms. The number of nitrogens with two attached hydrogens (primary N) is 1. The van der Waals surface area contributed by atoms with Gasteiger partial charge in [-0.1, -0.05) is 0 Å². The number of thiol groups is 3. The van der Waals surface area contributed by atoms with Gasteiger partial charge < -0.3 is 25.3 Å². The number of ether oxygens (including phenoxy) is 3. The number of carbonyl (C=O) groups is 2. The minimum atomic E-state index is -5.24. The van der Waals surface area contributed by atoms with Gasteiger partial charge in [0.05, 0.1) is 11.1 Å². The highest BCUT2D eigenvalue weighted by Gasteiger charge is 2.37. The summed E-state index contributed by atoms with van der Waals surface area (Å²) in [6.07, 6.45) is -9.27. The Morgan fingerprint density at radius 1 is 0.875 bits per heavy atom. The van der Waals surface area contributed by atoms with Gasteiger partial charge in [0.15, 0.2) is 11.5 Å². The monoisotopic (exact) mass is 629 g/mol. The van der Waals surface area contributed by atoms with Gasteiger partial charge in [-0.05, 0) is 36.4 Å². The molecule has 0 aliphatic rings. The van der Waals surface area contributed by atoms with E-state index in [4.69, 9.17) is 15.2 Å². The van der Waals surface area contributed by atoms with E-state index < -0.39 is 67.9 Å². The highest BCUT2D eigenvalue weighted by atomic mass is 32.2. The van der Waals surface area contributed by atoms with Crippen molar-refractivity contribution < 1.29 is 54.5 Å². The number of nitrogens with one attached hydrogen (secondary N) is 1. The summed E-state index contributed by atoms with van der Waals surface area (Å²) in [7, 11) is 0. The topological polar surface area (TPSA) is 113 Å². The molecule has 1 heterocycles. The van der Waals surface area contributed by atoms with Gasteiger partial charge in [-0.15, -0.1) is 51.1 Å². The predicted octanol–water partition coefficient (Wildman–Crippen LogP) is 6.06. The normalized spacial score (nSPS) is 12.1. The molecule has 3 rings (SSSR count). The molecule has 3 aromatic rings. The standard InChI is InChI=1S/C22H14F7N3O5S3/c23-13-7-11(19(34)32-9-3-4-31-14(5-9)18(30)33)16(8-12(13)20(24,25)26)35-15-2-1-10(36-21(27,28)29)6-17(15)37-22(38,39)40/h1-8,38-40H,(H2,30,33)(H,31,32,34). The van der Waals surface area contributed by atoms with Crippen LogP contribution in [0, 0.1) is 5.82 Å². The zero-order valence-electron chi connectivity index (χ0n) is 19.2. The summed E-state index contributed by atoms with van der Waals surface area (Å²) in [5.41, 5.74) is 2.13. The van der Waals surface area contributed by atoms with Crippen LogP contribution in [-0.2, 0) is 6.18 Å². The van der Waals surface area contributed by atoms with E-state index in [0.717, 1.165) is 24.4 Å². The van der Waals surface area contributed by atoms with Gasteiger partial charge >= 0.3 is 12.5 Å². The highest BCUT2D eigenvalue weighted by Crippen LogP contribution is 2.43. The smallest absolute Gasteiger partial charge is 0.455 e. The molecule has 0 aliphatic heterocycles. The summed E-state index contributed by atoms with van der Waals surface area (Å²) < 4.78 is 105. The van der Waals surface area contributed by atoms with Crippen molar-refractivity contribution in [3.05, 3.63) is 71.3 Å². The molecule has 18 heteroatoms. The number of rotatable bonds is 8. The number of carbonyl (C=O) groups excluding carboxylic acids is 2. The van der Waals surface area contributed by atoms with Crippen molar-refractivity contribution in [3.63, 3.8) is 0 Å². The molecule has 0 saturated carbocycles. The Hall–Kier alpha value is -3.51. The number of benzene rings is 2. The summed E-state index contributed by atoms with van der Waals surface area (Å²) >= 11 is 11.5. The van der Waals surface area contributed by atoms with E-state index in [1.165, 1.54) is 6.07 Å². The maximum absolute atomic E-state index is 14.4. The molecular formula is C22H14F7N3O5S3. The van der Waals surface area contributed by atoms with Crippen molar-refractivity contribution in [1.29, 1.82) is 0 Å². The van der Waals surface area contributed by atoms with E-state index in [0.29, 0.717) is 6.07 Å². The molecule has 0 saturated heterocycles. The van der Waals surface area contributed by atoms with Crippen LogP contribution in [-0.4, -0.2) is 26.8 Å². The van der Waals surface area contributed by atoms with Crippen molar-refractivity contribution in [2.24, 2.45) is 5.73 Å². The maximum Gasteiger partial charge on any atom is 0.573 e. The first-order valence-electron chi connectivity index (χ1n) is 10.2. The first-order chi connectivity index (χ1) is 18.3. The fraction of sp³-hybridized carbons (Fsp3) is 0.136. The summed E-state index contributed by atoms with van der Waals surface area (Å²) in [6.45, 7) is 0. The van der Waals surface area contributed by atoms with E-state index in [1.807, 2.05) is 0 Å². The molecule has 0 atom stereocenters. The molecular weight excluding hydrogens is 615 g/mol. The zero-order chi connectivity index (χ0) is 30.0. The number of anilines is 1. The lowest BCUT2D eigenvalue weighted by Gasteiger charge is -2.22. The molecule has 0 aliphatic carbocycles. The number of aromatic nitrogens is 1. The van der Waals surface area contributed by atoms with Crippen LogP contribution >= 0.6 is 37.9 Å². The molecule has 40 heavy (non-hydrogen) atoms. The Morgan fingerprint density at radius 2 is 1.55 bits per heavy atom. The highest BCUT2D eigenvalue weighted by molar-refractivity contribution is 8.16. The number of halogens is 7. The number of hydrogen-bond donors (Lipinski definition) is 5. The largest absolute Gasteiger partial charge is 0.573 e. The molecule has 214 valence electrons. The molecule has 1 aromatic heterocycles. The summed E-state index contributed by atoms with van der Waals surface area (Å²) in [4.78, 5) is 28.0. The fourth-order valence-electron chi connectivity index (χ4n) is 2.99. The van der Waals surface area contributed by atoms with Gasteiger partial charge in [-0.25, -0.2) is 4.39 Å². The van der Waals surface area contributed by atoms with Gasteiger partial charge in [0.25, 0.3) is 11.8 Å². The first-order valence-corrected chi connectivity index (χ1v) is 11.6. The average molecular weight is 630 g/mol. The predicted molar refractivity (Wildman–Crippen MR) is 136 cm³/mol. The maximum atomic E-state index is 14.4. The van der Waals surface area contributed by atoms with Gasteiger partial charge in [-0.3, -0.25) is 14.6 Å². The van der Waals surface area contributed by atoms with Crippen LogP contribution in [0.25, 0.3) is 0 Å². The van der Waals surface area contributed by atoms with Crippen LogP contribution in [0.5, 0.6) is 23.0 Å². The van der Waals surface area contributed by atoms with Crippen molar-refractivity contribution in [1.82, 2.24) is 4.98 Å². The summed E-state index contributed by atoms with van der Waals surface area (Å²) in [5.74, 6) is -6.92. The Kier molecular flexibility index (Phi) is 8.95. The minimum Gasteiger partial charge on any atom is -0.455 e. The van der Waals surface area contributed by atoms with Crippen LogP contribution in [0.3, 0.4) is 0 Å². The van der Waals surface area contributed by atoms with Crippen molar-refractivity contribution in [2.45, 2.75) is 16.1 Å². The number of pyridine rings is 1. The van der Waals surface area contributed by atoms with E-state index in [9.17, 15) is 40.3 Å². The van der Waals surface area contributed by atoms with Crippen molar-refractivity contribution >= 4 is 55.4 Å². The van der Waals surface area contributed by atoms with Crippen LogP contribution in [0.2, 0.25) is 0 Å². The molecule has 0 bridgehead atoms. The van der Waals surface area contributed by atoms with E-state index in [1.54, 1.807) is 0 Å². The molecule has 8 nitrogen and oxygen atoms in total. The quantitative estimate of drug-likeness (QED) is 0.118. The second-order valence-electron chi connectivity index (χ2n) is 7.51. The molecule has 2 aromatic carbocycles. The van der Waals surface area contributed by atoms with Gasteiger partial charge in [0, 0.05) is 18.0 Å². The van der Waals surface area contributed by atoms with Crippen LogP contribution in [0.15, 0.2) is 48.7 Å². The molecule has 2 amide bonds. The minimum absolute atomic E-state index is 0.0947. The SMILES string of the molecule is NC(=O)c1cc(NC(=O)c2cc(F)c(C(F)(F)F)cc2Oc2ccc(OC(F)(F)F)cc2OC(S)(S)S)ccn1. The van der Waals surface area contributed by atoms with E-state index in [2.05, 4.69) is 52.9 Å².